The van der Waals surface area contributed by atoms with Gasteiger partial charge in [0, 0.05) is 28.3 Å². The highest BCUT2D eigenvalue weighted by atomic mass is 35.5. The van der Waals surface area contributed by atoms with Crippen LogP contribution in [0.15, 0.2) is 54.6 Å². The van der Waals surface area contributed by atoms with Gasteiger partial charge in [0.2, 0.25) is 0 Å². The number of aryl methyl sites for hydroxylation is 1. The number of hydrogen-bond donors (Lipinski definition) is 1. The Bertz CT molecular complexity index is 753. The molecule has 3 rings (SSSR count). The maximum Gasteiger partial charge on any atom is 0.0708 e. The van der Waals surface area contributed by atoms with Crippen molar-refractivity contribution < 1.29 is 0 Å². The number of para-hydroxylation sites is 1. The highest BCUT2D eigenvalue weighted by Gasteiger charge is 2.03. The molecular formula is C17H15ClN2. The first-order valence-corrected chi connectivity index (χ1v) is 6.95. The normalized spacial score (nSPS) is 10.7. The predicted octanol–water partition coefficient (Wildman–Crippen LogP) is 4.81. The molecule has 1 N–H and O–H groups in total. The first-order chi connectivity index (χ1) is 9.72. The number of benzene rings is 2. The summed E-state index contributed by atoms with van der Waals surface area (Å²) in [5.74, 6) is 0. The molecular weight excluding hydrogens is 268 g/mol. The van der Waals surface area contributed by atoms with Gasteiger partial charge in [-0.25, -0.2) is 0 Å². The summed E-state index contributed by atoms with van der Waals surface area (Å²) >= 11 is 6.00. The van der Waals surface area contributed by atoms with Crippen molar-refractivity contribution in [2.75, 3.05) is 5.32 Å². The fraction of sp³-hybridized carbons (Fsp3) is 0.118. The average Bonchev–Trinajstić information content (AvgIpc) is 2.44. The lowest BCUT2D eigenvalue weighted by atomic mass is 10.1. The maximum absolute atomic E-state index is 6.00. The van der Waals surface area contributed by atoms with E-state index >= 15 is 0 Å². The minimum absolute atomic E-state index is 0.741. The Morgan fingerprint density at radius 2 is 1.90 bits per heavy atom. The third-order valence-corrected chi connectivity index (χ3v) is 3.47. The Hall–Kier alpha value is -2.06. The second-order valence-corrected chi connectivity index (χ2v) is 5.24. The van der Waals surface area contributed by atoms with Crippen molar-refractivity contribution in [2.45, 2.75) is 13.5 Å². The van der Waals surface area contributed by atoms with Crippen LogP contribution in [0.3, 0.4) is 0 Å². The molecule has 100 valence electrons. The van der Waals surface area contributed by atoms with E-state index in [0.29, 0.717) is 0 Å². The standard InChI is InChI=1S/C17H15ClN2/c1-12-9-13(16-7-2-3-8-17(16)20-12)11-19-15-6-4-5-14(18)10-15/h2-10,19H,11H2,1H3. The molecule has 0 aliphatic heterocycles. The van der Waals surface area contributed by atoms with Gasteiger partial charge in [0.25, 0.3) is 0 Å². The fourth-order valence-electron chi connectivity index (χ4n) is 2.34. The summed E-state index contributed by atoms with van der Waals surface area (Å²) in [6, 6.07) is 18.1. The smallest absolute Gasteiger partial charge is 0.0708 e. The number of nitrogens with zero attached hydrogens (tertiary/aromatic N) is 1. The van der Waals surface area contributed by atoms with Gasteiger partial charge in [-0.15, -0.1) is 0 Å². The summed E-state index contributed by atoms with van der Waals surface area (Å²) in [7, 11) is 0. The summed E-state index contributed by atoms with van der Waals surface area (Å²) in [5, 5.41) is 5.34. The lowest BCUT2D eigenvalue weighted by Crippen LogP contribution is -2.01. The molecule has 0 spiro atoms. The summed E-state index contributed by atoms with van der Waals surface area (Å²) < 4.78 is 0. The molecule has 0 atom stereocenters. The fourth-order valence-corrected chi connectivity index (χ4v) is 2.53. The van der Waals surface area contributed by atoms with Crippen LogP contribution in [0, 0.1) is 6.92 Å². The zero-order valence-corrected chi connectivity index (χ0v) is 12.0. The van der Waals surface area contributed by atoms with Gasteiger partial charge in [0.05, 0.1) is 5.52 Å². The molecule has 0 unspecified atom stereocenters. The van der Waals surface area contributed by atoms with Crippen molar-refractivity contribution in [3.63, 3.8) is 0 Å². The van der Waals surface area contributed by atoms with Crippen LogP contribution in [0.4, 0.5) is 5.69 Å². The van der Waals surface area contributed by atoms with E-state index in [0.717, 1.165) is 28.5 Å². The number of hydrogen-bond acceptors (Lipinski definition) is 2. The molecule has 2 aromatic carbocycles. The van der Waals surface area contributed by atoms with Crippen LogP contribution in [0.2, 0.25) is 5.02 Å². The van der Waals surface area contributed by atoms with E-state index in [1.165, 1.54) is 10.9 Å². The number of halogens is 1. The van der Waals surface area contributed by atoms with Gasteiger partial charge in [-0.05, 0) is 42.8 Å². The summed E-state index contributed by atoms with van der Waals surface area (Å²) in [5.41, 5.74) is 4.34. The number of fused-ring (bicyclic) bond motifs is 1. The van der Waals surface area contributed by atoms with Crippen LogP contribution < -0.4 is 5.32 Å². The zero-order valence-electron chi connectivity index (χ0n) is 11.2. The quantitative estimate of drug-likeness (QED) is 0.746. The monoisotopic (exact) mass is 282 g/mol. The average molecular weight is 283 g/mol. The SMILES string of the molecule is Cc1cc(CNc2cccc(Cl)c2)c2ccccc2n1. The van der Waals surface area contributed by atoms with E-state index in [1.807, 2.05) is 49.4 Å². The molecule has 0 saturated carbocycles. The minimum atomic E-state index is 0.741. The molecule has 3 heteroatoms. The Labute approximate surface area is 123 Å². The number of rotatable bonds is 3. The molecule has 3 aromatic rings. The second kappa shape index (κ2) is 5.51. The molecule has 0 aliphatic carbocycles. The predicted molar refractivity (Wildman–Crippen MR) is 85.3 cm³/mol. The van der Waals surface area contributed by atoms with Gasteiger partial charge in [-0.1, -0.05) is 35.9 Å². The summed E-state index contributed by atoms with van der Waals surface area (Å²) in [4.78, 5) is 4.56. The van der Waals surface area contributed by atoms with Gasteiger partial charge in [-0.3, -0.25) is 4.98 Å². The number of aromatic nitrogens is 1. The molecule has 20 heavy (non-hydrogen) atoms. The van der Waals surface area contributed by atoms with Gasteiger partial charge in [0.15, 0.2) is 0 Å². The van der Waals surface area contributed by atoms with Crippen LogP contribution in [-0.2, 0) is 6.54 Å². The minimum Gasteiger partial charge on any atom is -0.381 e. The van der Waals surface area contributed by atoms with Crippen LogP contribution in [0.1, 0.15) is 11.3 Å². The Morgan fingerprint density at radius 3 is 2.75 bits per heavy atom. The van der Waals surface area contributed by atoms with Crippen LogP contribution in [-0.4, -0.2) is 4.98 Å². The van der Waals surface area contributed by atoms with E-state index in [1.54, 1.807) is 0 Å². The molecule has 0 radical (unpaired) electrons. The van der Waals surface area contributed by atoms with Gasteiger partial charge >= 0.3 is 0 Å². The molecule has 0 bridgehead atoms. The third kappa shape index (κ3) is 2.75. The van der Waals surface area contributed by atoms with Crippen molar-refractivity contribution >= 4 is 28.2 Å². The Morgan fingerprint density at radius 1 is 1.05 bits per heavy atom. The third-order valence-electron chi connectivity index (χ3n) is 3.24. The van der Waals surface area contributed by atoms with Crippen LogP contribution in [0.5, 0.6) is 0 Å². The van der Waals surface area contributed by atoms with Gasteiger partial charge in [0.1, 0.15) is 0 Å². The number of pyridine rings is 1. The number of anilines is 1. The van der Waals surface area contributed by atoms with Crippen molar-refractivity contribution in [2.24, 2.45) is 0 Å². The largest absolute Gasteiger partial charge is 0.381 e. The maximum atomic E-state index is 6.00. The van der Waals surface area contributed by atoms with Crippen molar-refractivity contribution in [3.8, 4) is 0 Å². The van der Waals surface area contributed by atoms with Gasteiger partial charge < -0.3 is 5.32 Å². The van der Waals surface area contributed by atoms with E-state index in [-0.39, 0.29) is 0 Å². The van der Waals surface area contributed by atoms with E-state index in [2.05, 4.69) is 22.4 Å². The summed E-state index contributed by atoms with van der Waals surface area (Å²) in [6.07, 6.45) is 0. The topological polar surface area (TPSA) is 24.9 Å². The van der Waals surface area contributed by atoms with E-state index < -0.39 is 0 Å². The highest BCUT2D eigenvalue weighted by Crippen LogP contribution is 2.20. The molecule has 2 nitrogen and oxygen atoms in total. The van der Waals surface area contributed by atoms with Crippen molar-refractivity contribution in [1.82, 2.24) is 4.98 Å². The molecule has 0 aliphatic rings. The first kappa shape index (κ1) is 12.9. The lowest BCUT2D eigenvalue weighted by molar-refractivity contribution is 1.13. The van der Waals surface area contributed by atoms with Gasteiger partial charge in [-0.2, -0.15) is 0 Å². The molecule has 1 heterocycles. The zero-order chi connectivity index (χ0) is 13.9. The Balaban J connectivity index is 1.91. The van der Waals surface area contributed by atoms with E-state index in [9.17, 15) is 0 Å². The first-order valence-electron chi connectivity index (χ1n) is 6.57. The van der Waals surface area contributed by atoms with E-state index in [4.69, 9.17) is 11.6 Å². The van der Waals surface area contributed by atoms with Crippen LogP contribution >= 0.6 is 11.6 Å². The Kier molecular flexibility index (Phi) is 3.57. The van der Waals surface area contributed by atoms with Crippen LogP contribution in [0.25, 0.3) is 10.9 Å². The summed E-state index contributed by atoms with van der Waals surface area (Å²) in [6.45, 7) is 2.78. The lowest BCUT2D eigenvalue weighted by Gasteiger charge is -2.10. The molecule has 1 aromatic heterocycles. The molecule has 0 saturated heterocycles. The van der Waals surface area contributed by atoms with Crippen molar-refractivity contribution in [3.05, 3.63) is 70.9 Å². The molecule has 0 amide bonds. The van der Waals surface area contributed by atoms with Crippen molar-refractivity contribution in [1.29, 1.82) is 0 Å². The number of nitrogens with one attached hydrogen (secondary N) is 1. The highest BCUT2D eigenvalue weighted by molar-refractivity contribution is 6.30. The molecule has 0 fully saturated rings. The second-order valence-electron chi connectivity index (χ2n) is 4.80.